The van der Waals surface area contributed by atoms with Gasteiger partial charge in [-0.2, -0.15) is 4.68 Å². The average molecular weight is 369 g/mol. The molecule has 0 radical (unpaired) electrons. The van der Waals surface area contributed by atoms with E-state index in [0.29, 0.717) is 22.2 Å². The molecule has 2 N–H and O–H groups in total. The molecular formula is C18H19N5O2S. The van der Waals surface area contributed by atoms with E-state index in [1.54, 1.807) is 0 Å². The Morgan fingerprint density at radius 2 is 2.00 bits per heavy atom. The van der Waals surface area contributed by atoms with Gasteiger partial charge >= 0.3 is 0 Å². The lowest BCUT2D eigenvalue weighted by Gasteiger charge is -2.17. The summed E-state index contributed by atoms with van der Waals surface area (Å²) in [5, 5.41) is 5.16. The zero-order valence-electron chi connectivity index (χ0n) is 14.2. The lowest BCUT2D eigenvalue weighted by Crippen LogP contribution is -2.20. The van der Waals surface area contributed by atoms with Crippen molar-refractivity contribution >= 4 is 17.7 Å². The number of fused-ring (bicyclic) bond motifs is 3. The van der Waals surface area contributed by atoms with Crippen molar-refractivity contribution in [2.24, 2.45) is 5.73 Å². The summed E-state index contributed by atoms with van der Waals surface area (Å²) in [5.41, 5.74) is 7.42. The van der Waals surface area contributed by atoms with Crippen molar-refractivity contribution in [3.63, 3.8) is 0 Å². The van der Waals surface area contributed by atoms with Gasteiger partial charge in [0.2, 0.25) is 5.91 Å². The maximum Gasteiger partial charge on any atom is 0.284 e. The molecule has 1 amide bonds. The third-order valence-corrected chi connectivity index (χ3v) is 5.51. The molecule has 0 fully saturated rings. The molecule has 134 valence electrons. The highest BCUT2D eigenvalue weighted by Crippen LogP contribution is 2.30. The second-order valence-corrected chi connectivity index (χ2v) is 7.25. The Morgan fingerprint density at radius 3 is 2.77 bits per heavy atom. The molecule has 0 unspecified atom stereocenters. The van der Waals surface area contributed by atoms with E-state index in [1.165, 1.54) is 16.4 Å². The Balaban J connectivity index is 1.92. The minimum absolute atomic E-state index is 0.143. The molecule has 4 rings (SSSR count). The number of nitrogens with zero attached hydrogens (tertiary/aromatic N) is 4. The standard InChI is InChI=1S/C18H19N5O2S/c19-14(24)11-26-18-20-16-15(13-9-5-2-6-10-22(13)18)17(25)23(21-16)12-7-3-1-4-8-12/h1,3-4,7-8H,2,5-6,9-11H2,(H2,19,24). The number of benzene rings is 1. The van der Waals surface area contributed by atoms with E-state index in [-0.39, 0.29) is 17.2 Å². The Hall–Kier alpha value is -2.61. The molecule has 3 heterocycles. The van der Waals surface area contributed by atoms with Gasteiger partial charge in [0.1, 0.15) is 5.56 Å². The molecule has 26 heavy (non-hydrogen) atoms. The van der Waals surface area contributed by atoms with Crippen LogP contribution < -0.4 is 11.3 Å². The van der Waals surface area contributed by atoms with Crippen LogP contribution in [0.15, 0.2) is 40.3 Å². The zero-order chi connectivity index (χ0) is 18.1. The number of aromatic nitrogens is 4. The van der Waals surface area contributed by atoms with Gasteiger partial charge in [-0.3, -0.25) is 9.59 Å². The van der Waals surface area contributed by atoms with Crippen LogP contribution >= 0.6 is 11.8 Å². The Morgan fingerprint density at radius 1 is 1.19 bits per heavy atom. The summed E-state index contributed by atoms with van der Waals surface area (Å²) in [7, 11) is 0. The second kappa shape index (κ2) is 6.95. The van der Waals surface area contributed by atoms with Crippen LogP contribution in [-0.4, -0.2) is 31.0 Å². The van der Waals surface area contributed by atoms with Gasteiger partial charge in [0.15, 0.2) is 11.0 Å². The van der Waals surface area contributed by atoms with Gasteiger partial charge in [-0.15, -0.1) is 5.10 Å². The maximum atomic E-state index is 13.1. The van der Waals surface area contributed by atoms with Gasteiger partial charge in [0, 0.05) is 12.2 Å². The third kappa shape index (κ3) is 3.01. The van der Waals surface area contributed by atoms with Gasteiger partial charge in [0.25, 0.3) is 5.56 Å². The summed E-state index contributed by atoms with van der Waals surface area (Å²) in [5.74, 6) is 0.194. The Bertz CT molecular complexity index is 979. The number of hydrogen-bond donors (Lipinski definition) is 1. The van der Waals surface area contributed by atoms with Crippen LogP contribution in [0, 0.1) is 0 Å². The number of carbonyl (C=O) groups is 1. The van der Waals surface area contributed by atoms with Crippen molar-refractivity contribution in [3.05, 3.63) is 46.4 Å². The normalized spacial score (nSPS) is 14.2. The first kappa shape index (κ1) is 16.8. The van der Waals surface area contributed by atoms with Gasteiger partial charge < -0.3 is 10.3 Å². The molecule has 0 aliphatic carbocycles. The number of hydrogen-bond acceptors (Lipinski definition) is 5. The van der Waals surface area contributed by atoms with Gasteiger partial charge in [0.05, 0.1) is 11.4 Å². The Kier molecular flexibility index (Phi) is 4.50. The quantitative estimate of drug-likeness (QED) is 0.559. The van der Waals surface area contributed by atoms with Gasteiger partial charge in [-0.05, 0) is 31.4 Å². The molecule has 0 saturated heterocycles. The molecular weight excluding hydrogens is 350 g/mol. The summed E-state index contributed by atoms with van der Waals surface area (Å²) in [6.45, 7) is 0.787. The fourth-order valence-corrected chi connectivity index (χ4v) is 4.12. The maximum absolute atomic E-state index is 13.1. The molecule has 0 atom stereocenters. The zero-order valence-corrected chi connectivity index (χ0v) is 15.0. The second-order valence-electron chi connectivity index (χ2n) is 6.31. The first-order valence-corrected chi connectivity index (χ1v) is 9.62. The molecule has 1 aromatic rings. The van der Waals surface area contributed by atoms with Gasteiger partial charge in [-0.25, -0.2) is 4.98 Å². The molecule has 7 nitrogen and oxygen atoms in total. The first-order valence-electron chi connectivity index (χ1n) is 8.64. The topological polar surface area (TPSA) is 95.8 Å². The van der Waals surface area contributed by atoms with Crippen LogP contribution in [0.3, 0.4) is 0 Å². The van der Waals surface area contributed by atoms with Crippen LogP contribution in [0.1, 0.15) is 25.0 Å². The van der Waals surface area contributed by atoms with Crippen LogP contribution in [0.25, 0.3) is 17.1 Å². The molecule has 0 spiro atoms. The largest absolute Gasteiger partial charge is 0.369 e. The van der Waals surface area contributed by atoms with E-state index in [9.17, 15) is 9.59 Å². The molecule has 3 aliphatic rings. The van der Waals surface area contributed by atoms with E-state index >= 15 is 0 Å². The van der Waals surface area contributed by atoms with Crippen LogP contribution in [0.2, 0.25) is 0 Å². The summed E-state index contributed by atoms with van der Waals surface area (Å²) in [4.78, 5) is 28.9. The number of nitrogens with two attached hydrogens (primary N) is 1. The van der Waals surface area contributed by atoms with E-state index in [0.717, 1.165) is 37.9 Å². The summed E-state index contributed by atoms with van der Waals surface area (Å²) < 4.78 is 3.48. The van der Waals surface area contributed by atoms with Crippen LogP contribution in [-0.2, 0) is 17.8 Å². The minimum Gasteiger partial charge on any atom is -0.369 e. The number of carbonyl (C=O) groups excluding carboxylic acids is 1. The van der Waals surface area contributed by atoms with Crippen molar-refractivity contribution in [2.45, 2.75) is 37.4 Å². The predicted octanol–water partition coefficient (Wildman–Crippen LogP) is 1.84. The molecule has 3 aliphatic heterocycles. The summed E-state index contributed by atoms with van der Waals surface area (Å²) in [6.07, 6.45) is 3.95. The smallest absolute Gasteiger partial charge is 0.284 e. The molecule has 0 saturated carbocycles. The monoisotopic (exact) mass is 369 g/mol. The number of amides is 1. The molecule has 0 bridgehead atoms. The van der Waals surface area contributed by atoms with Crippen molar-refractivity contribution in [3.8, 4) is 17.1 Å². The number of primary amides is 1. The van der Waals surface area contributed by atoms with Crippen molar-refractivity contribution < 1.29 is 4.79 Å². The van der Waals surface area contributed by atoms with E-state index < -0.39 is 0 Å². The van der Waals surface area contributed by atoms with E-state index in [4.69, 9.17) is 5.73 Å². The highest BCUT2D eigenvalue weighted by molar-refractivity contribution is 7.99. The SMILES string of the molecule is NC(=O)CSc1nc2nn(-c3ccccc3)c(=O)c-2c2n1CCCCC2. The molecule has 0 aromatic heterocycles. The lowest BCUT2D eigenvalue weighted by atomic mass is 10.1. The predicted molar refractivity (Wildman–Crippen MR) is 99.7 cm³/mol. The van der Waals surface area contributed by atoms with Crippen molar-refractivity contribution in [1.82, 2.24) is 19.3 Å². The minimum atomic E-state index is -0.390. The first-order chi connectivity index (χ1) is 12.6. The lowest BCUT2D eigenvalue weighted by molar-refractivity contribution is -0.115. The van der Waals surface area contributed by atoms with Crippen molar-refractivity contribution in [2.75, 3.05) is 5.75 Å². The van der Waals surface area contributed by atoms with E-state index in [1.807, 2.05) is 30.3 Å². The van der Waals surface area contributed by atoms with Crippen LogP contribution in [0.5, 0.6) is 0 Å². The number of para-hydroxylation sites is 1. The third-order valence-electron chi connectivity index (χ3n) is 4.51. The molecule has 1 aromatic carbocycles. The summed E-state index contributed by atoms with van der Waals surface area (Å²) in [6, 6.07) is 9.34. The Labute approximate surface area is 154 Å². The molecule has 8 heteroatoms. The highest BCUT2D eigenvalue weighted by Gasteiger charge is 2.27. The van der Waals surface area contributed by atoms with Crippen molar-refractivity contribution in [1.29, 1.82) is 0 Å². The average Bonchev–Trinajstić information content (AvgIpc) is 2.82. The van der Waals surface area contributed by atoms with Gasteiger partial charge in [-0.1, -0.05) is 36.4 Å². The number of rotatable bonds is 4. The van der Waals surface area contributed by atoms with Crippen LogP contribution in [0.4, 0.5) is 0 Å². The highest BCUT2D eigenvalue weighted by atomic mass is 32.2. The number of thioether (sulfide) groups is 1. The fourth-order valence-electron chi connectivity index (χ4n) is 3.34. The summed E-state index contributed by atoms with van der Waals surface area (Å²) >= 11 is 1.30. The van der Waals surface area contributed by atoms with E-state index in [2.05, 4.69) is 14.6 Å². The fraction of sp³-hybridized carbons (Fsp3) is 0.333.